The number of hydrogen-bond acceptors (Lipinski definition) is 16. The average Bonchev–Trinajstić information content (AvgIpc) is 4.10. The van der Waals surface area contributed by atoms with E-state index in [4.69, 9.17) is 0 Å². The van der Waals surface area contributed by atoms with Crippen LogP contribution >= 0.6 is 22.7 Å². The smallest absolute Gasteiger partial charge is 0.382 e. The molecule has 396 valence electrons. The van der Waals surface area contributed by atoms with Crippen LogP contribution in [0.2, 0.25) is 0 Å². The van der Waals surface area contributed by atoms with Gasteiger partial charge in [-0.25, -0.2) is 16.8 Å². The molecule has 0 radical (unpaired) electrons. The summed E-state index contributed by atoms with van der Waals surface area (Å²) < 4.78 is 95.3. The SMILES string of the molecule is O=C(NCc1ccc(S(=O)(=O)N2CCC(Nc3ccccc3C(F)(F)F)CC2)s1)c1ccc([N+](=O)[O-])cc1.O=C(NCc1ccc(S(=O)(=O)N2CCC(Nc3ccccc3[N+](=O)[O-])CC2)s1)c1ccc([N+](=O)[O-])cc1. The standard InChI is InChI=1S/C24H23F3N4O5S2.C23H23N5O7S2/c25-24(26,27)20-3-1-2-4-21(20)29-17-11-13-30(14-12-17)38(35,36)22-10-9-19(37-22)15-28-23(32)16-5-7-18(8-6-16)31(33)34;29-23(16-5-7-18(8-6-16)27(30)31)24-15-19-9-10-22(36-19)37(34,35)26-13-11-17(12-14-26)25-20-3-1-2-4-21(20)28(32)33/h1-10,17,29H,11-15H2,(H,28,32);1-10,17,25H,11-15H2,(H,24,29). The number of thiophene rings is 2. The van der Waals surface area contributed by atoms with Crippen molar-refractivity contribution in [2.75, 3.05) is 36.8 Å². The lowest BCUT2D eigenvalue weighted by Crippen LogP contribution is -2.42. The summed E-state index contributed by atoms with van der Waals surface area (Å²) in [6.07, 6.45) is -2.82. The van der Waals surface area contributed by atoms with Gasteiger partial charge in [0, 0.05) is 95.2 Å². The fourth-order valence-electron chi connectivity index (χ4n) is 7.98. The van der Waals surface area contributed by atoms with Crippen molar-refractivity contribution in [1.29, 1.82) is 0 Å². The number of hydrogen-bond donors (Lipinski definition) is 4. The molecule has 2 saturated heterocycles. The summed E-state index contributed by atoms with van der Waals surface area (Å²) in [5.41, 5.74) is -0.174. The molecule has 0 aliphatic carbocycles. The first-order valence-corrected chi connectivity index (χ1v) is 27.3. The third-order valence-corrected chi connectivity index (χ3v) is 18.9. The Balaban J connectivity index is 0.000000219. The van der Waals surface area contributed by atoms with E-state index in [0.29, 0.717) is 41.1 Å². The van der Waals surface area contributed by atoms with Gasteiger partial charge in [0.25, 0.3) is 48.9 Å². The maximum absolute atomic E-state index is 13.3. The summed E-state index contributed by atoms with van der Waals surface area (Å²) in [6, 6.07) is 27.6. The number of para-hydroxylation sites is 3. The molecule has 0 saturated carbocycles. The first-order chi connectivity index (χ1) is 35.6. The van der Waals surface area contributed by atoms with Gasteiger partial charge in [-0.3, -0.25) is 39.9 Å². The minimum atomic E-state index is -4.49. The van der Waals surface area contributed by atoms with Crippen LogP contribution in [0.3, 0.4) is 0 Å². The van der Waals surface area contributed by atoms with Crippen molar-refractivity contribution in [2.24, 2.45) is 0 Å². The molecule has 8 rings (SSSR count). The number of alkyl halides is 3. The summed E-state index contributed by atoms with van der Waals surface area (Å²) in [4.78, 5) is 57.0. The van der Waals surface area contributed by atoms with Crippen molar-refractivity contribution in [3.63, 3.8) is 0 Å². The predicted octanol–water partition coefficient (Wildman–Crippen LogP) is 8.63. The van der Waals surface area contributed by atoms with Gasteiger partial charge in [0.15, 0.2) is 0 Å². The number of non-ortho nitro benzene ring substituents is 2. The van der Waals surface area contributed by atoms with Crippen LogP contribution in [-0.4, -0.2) is 90.3 Å². The summed E-state index contributed by atoms with van der Waals surface area (Å²) >= 11 is 2.07. The Bertz CT molecular complexity index is 3270. The van der Waals surface area contributed by atoms with E-state index in [2.05, 4.69) is 21.3 Å². The molecule has 0 spiro atoms. The highest BCUT2D eigenvalue weighted by atomic mass is 32.3. The third-order valence-electron chi connectivity index (χ3n) is 11.9. The monoisotopic (exact) mass is 1110 g/mol. The van der Waals surface area contributed by atoms with Crippen LogP contribution < -0.4 is 21.3 Å². The molecule has 0 bridgehead atoms. The Morgan fingerprint density at radius 2 is 0.933 bits per heavy atom. The lowest BCUT2D eigenvalue weighted by Gasteiger charge is -2.32. The molecule has 6 aromatic rings. The van der Waals surface area contributed by atoms with Crippen molar-refractivity contribution in [3.05, 3.63) is 178 Å². The van der Waals surface area contributed by atoms with Crippen molar-refractivity contribution in [1.82, 2.24) is 19.2 Å². The van der Waals surface area contributed by atoms with E-state index in [1.807, 2.05) is 0 Å². The molecule has 4 aromatic carbocycles. The van der Waals surface area contributed by atoms with Gasteiger partial charge < -0.3 is 21.3 Å². The summed E-state index contributed by atoms with van der Waals surface area (Å²) in [5, 5.41) is 44.1. The molecular weight excluding hydrogens is 1070 g/mol. The fraction of sp³-hybridized carbons (Fsp3) is 0.277. The van der Waals surface area contributed by atoms with Gasteiger partial charge in [0.2, 0.25) is 0 Å². The molecule has 0 atom stereocenters. The molecule has 0 unspecified atom stereocenters. The molecule has 4 heterocycles. The van der Waals surface area contributed by atoms with E-state index in [-0.39, 0.29) is 93.6 Å². The number of sulfonamides is 2. The number of nitrogens with one attached hydrogen (secondary N) is 4. The zero-order valence-electron chi connectivity index (χ0n) is 39.2. The van der Waals surface area contributed by atoms with Crippen LogP contribution in [0.5, 0.6) is 0 Å². The van der Waals surface area contributed by atoms with E-state index >= 15 is 0 Å². The third kappa shape index (κ3) is 14.1. The highest BCUT2D eigenvalue weighted by molar-refractivity contribution is 7.91. The van der Waals surface area contributed by atoms with Gasteiger partial charge in [0.1, 0.15) is 14.1 Å². The molecule has 2 aliphatic rings. The predicted molar refractivity (Wildman–Crippen MR) is 273 cm³/mol. The minimum Gasteiger partial charge on any atom is -0.382 e. The van der Waals surface area contributed by atoms with Crippen LogP contribution in [-0.2, 0) is 39.3 Å². The average molecular weight is 1110 g/mol. The van der Waals surface area contributed by atoms with Gasteiger partial charge in [-0.15, -0.1) is 22.7 Å². The number of amides is 2. The number of nitrogens with zero attached hydrogens (tertiary/aromatic N) is 5. The number of nitro benzene ring substituents is 3. The van der Waals surface area contributed by atoms with E-state index in [1.165, 1.54) is 93.5 Å². The number of carbonyl (C=O) groups is 2. The summed E-state index contributed by atoms with van der Waals surface area (Å²) in [5.74, 6) is -0.889. The highest BCUT2D eigenvalue weighted by Crippen LogP contribution is 2.36. The minimum absolute atomic E-state index is 0.0238. The number of rotatable bonds is 17. The normalized spacial score (nSPS) is 15.0. The lowest BCUT2D eigenvalue weighted by atomic mass is 10.0. The van der Waals surface area contributed by atoms with Crippen molar-refractivity contribution in [2.45, 2.75) is 65.5 Å². The van der Waals surface area contributed by atoms with E-state index < -0.39 is 58.4 Å². The molecule has 75 heavy (non-hydrogen) atoms. The van der Waals surface area contributed by atoms with E-state index in [1.54, 1.807) is 30.3 Å². The number of benzene rings is 4. The molecule has 28 heteroatoms. The largest absolute Gasteiger partial charge is 0.418 e. The Morgan fingerprint density at radius 1 is 0.547 bits per heavy atom. The second-order valence-electron chi connectivity index (χ2n) is 16.9. The fourth-order valence-corrected chi connectivity index (χ4v) is 13.8. The molecule has 4 N–H and O–H groups in total. The van der Waals surface area contributed by atoms with Crippen LogP contribution in [0.4, 0.5) is 41.6 Å². The van der Waals surface area contributed by atoms with Crippen molar-refractivity contribution >= 4 is 83.0 Å². The zero-order chi connectivity index (χ0) is 54.1. The second kappa shape index (κ2) is 23.9. The molecule has 2 aliphatic heterocycles. The first kappa shape index (κ1) is 55.4. The zero-order valence-corrected chi connectivity index (χ0v) is 42.4. The number of anilines is 2. The van der Waals surface area contributed by atoms with Gasteiger partial charge >= 0.3 is 6.18 Å². The summed E-state index contributed by atoms with van der Waals surface area (Å²) in [7, 11) is -7.53. The summed E-state index contributed by atoms with van der Waals surface area (Å²) in [6.45, 7) is 1.02. The van der Waals surface area contributed by atoms with Crippen LogP contribution in [0.25, 0.3) is 0 Å². The van der Waals surface area contributed by atoms with E-state index in [9.17, 15) is 69.9 Å². The second-order valence-corrected chi connectivity index (χ2v) is 23.5. The molecule has 2 fully saturated rings. The number of piperidine rings is 2. The Morgan fingerprint density at radius 3 is 1.33 bits per heavy atom. The van der Waals surface area contributed by atoms with Crippen molar-refractivity contribution < 1.29 is 54.4 Å². The Hall–Kier alpha value is -7.37. The van der Waals surface area contributed by atoms with Gasteiger partial charge in [-0.05, 0) is 92.4 Å². The number of halogens is 3. The van der Waals surface area contributed by atoms with Crippen LogP contribution in [0, 0.1) is 30.3 Å². The number of carbonyl (C=O) groups excluding carboxylic acids is 2. The molecule has 21 nitrogen and oxygen atoms in total. The Kier molecular flexibility index (Phi) is 17.6. The lowest BCUT2D eigenvalue weighted by molar-refractivity contribution is -0.385. The molecule has 2 amide bonds. The maximum atomic E-state index is 13.3. The highest BCUT2D eigenvalue weighted by Gasteiger charge is 2.36. The topological polar surface area (TPSA) is 286 Å². The van der Waals surface area contributed by atoms with Gasteiger partial charge in [0.05, 0.1) is 33.4 Å². The first-order valence-electron chi connectivity index (χ1n) is 22.8. The molecular formula is C47H46F3N9O12S4. The quantitative estimate of drug-likeness (QED) is 0.0491. The van der Waals surface area contributed by atoms with Crippen LogP contribution in [0.15, 0.2) is 130 Å². The number of nitro groups is 3. The van der Waals surface area contributed by atoms with Crippen molar-refractivity contribution in [3.8, 4) is 0 Å². The van der Waals surface area contributed by atoms with Gasteiger partial charge in [-0.2, -0.15) is 21.8 Å². The molecule has 2 aromatic heterocycles. The van der Waals surface area contributed by atoms with Gasteiger partial charge in [-0.1, -0.05) is 24.3 Å². The Labute approximate surface area is 434 Å². The maximum Gasteiger partial charge on any atom is 0.418 e. The van der Waals surface area contributed by atoms with Crippen LogP contribution in [0.1, 0.15) is 61.7 Å². The van der Waals surface area contributed by atoms with E-state index in [0.717, 1.165) is 28.7 Å².